The van der Waals surface area contributed by atoms with E-state index in [9.17, 15) is 9.59 Å². The lowest BCUT2D eigenvalue weighted by Crippen LogP contribution is -2.52. The highest BCUT2D eigenvalue weighted by Gasteiger charge is 2.32. The molecule has 1 unspecified atom stereocenters. The number of amides is 2. The molecule has 0 aromatic heterocycles. The second kappa shape index (κ2) is 10.5. The van der Waals surface area contributed by atoms with Crippen LogP contribution in [0.25, 0.3) is 0 Å². The molecule has 1 atom stereocenters. The minimum Gasteiger partial charge on any atom is -0.479 e. The maximum Gasteiger partial charge on any atom is 0.263 e. The highest BCUT2D eigenvalue weighted by atomic mass is 35.5. The second-order valence-corrected chi connectivity index (χ2v) is 8.02. The van der Waals surface area contributed by atoms with Gasteiger partial charge in [-0.3, -0.25) is 9.59 Å². The molecule has 0 saturated carbocycles. The smallest absolute Gasteiger partial charge is 0.263 e. The number of para-hydroxylation sites is 1. The maximum atomic E-state index is 13.2. The molecule has 2 aromatic carbocycles. The van der Waals surface area contributed by atoms with Gasteiger partial charge in [-0.1, -0.05) is 48.9 Å². The highest BCUT2D eigenvalue weighted by molar-refractivity contribution is 6.32. The fraction of sp³-hybridized carbons (Fsp3) is 0.417. The van der Waals surface area contributed by atoms with Crippen molar-refractivity contribution in [2.75, 3.05) is 19.6 Å². The Morgan fingerprint density at radius 3 is 2.37 bits per heavy atom. The zero-order chi connectivity index (χ0) is 21.5. The van der Waals surface area contributed by atoms with Crippen LogP contribution in [0.1, 0.15) is 43.5 Å². The number of hydrogen-bond donors (Lipinski definition) is 0. The lowest BCUT2D eigenvalue weighted by molar-refractivity contribution is -0.141. The number of nitrogens with zero attached hydrogens (tertiary/aromatic N) is 2. The van der Waals surface area contributed by atoms with E-state index in [2.05, 4.69) is 6.92 Å². The summed E-state index contributed by atoms with van der Waals surface area (Å²) in [5.41, 5.74) is 0.708. The van der Waals surface area contributed by atoms with Crippen LogP contribution in [0, 0.1) is 0 Å². The van der Waals surface area contributed by atoms with Gasteiger partial charge in [0.2, 0.25) is 0 Å². The van der Waals surface area contributed by atoms with Crippen LogP contribution >= 0.6 is 11.6 Å². The predicted octanol–water partition coefficient (Wildman–Crippen LogP) is 4.65. The van der Waals surface area contributed by atoms with Crippen molar-refractivity contribution < 1.29 is 14.3 Å². The molecule has 0 radical (unpaired) electrons. The van der Waals surface area contributed by atoms with Crippen molar-refractivity contribution >= 4 is 23.4 Å². The third-order valence-corrected chi connectivity index (χ3v) is 5.76. The van der Waals surface area contributed by atoms with Gasteiger partial charge in [-0.2, -0.15) is 0 Å². The summed E-state index contributed by atoms with van der Waals surface area (Å²) in [4.78, 5) is 29.7. The largest absolute Gasteiger partial charge is 0.479 e. The van der Waals surface area contributed by atoms with Gasteiger partial charge in [-0.25, -0.2) is 0 Å². The fourth-order valence-electron chi connectivity index (χ4n) is 3.87. The number of carbonyl (C=O) groups excluding carboxylic acids is 2. The van der Waals surface area contributed by atoms with Crippen molar-refractivity contribution in [1.29, 1.82) is 0 Å². The molecule has 1 aliphatic heterocycles. The van der Waals surface area contributed by atoms with E-state index in [1.165, 1.54) is 0 Å². The average Bonchev–Trinajstić information content (AvgIpc) is 2.79. The Labute approximate surface area is 183 Å². The molecule has 2 aromatic rings. The van der Waals surface area contributed by atoms with Gasteiger partial charge in [0.1, 0.15) is 5.75 Å². The Balaban J connectivity index is 1.61. The monoisotopic (exact) mass is 428 g/mol. The van der Waals surface area contributed by atoms with Gasteiger partial charge in [0, 0.05) is 31.2 Å². The van der Waals surface area contributed by atoms with E-state index >= 15 is 0 Å². The van der Waals surface area contributed by atoms with Crippen molar-refractivity contribution in [2.24, 2.45) is 0 Å². The summed E-state index contributed by atoms with van der Waals surface area (Å²) in [5.74, 6) is 0.530. The molecule has 1 aliphatic rings. The minimum atomic E-state index is -0.625. The zero-order valence-electron chi connectivity index (χ0n) is 17.6. The van der Waals surface area contributed by atoms with E-state index in [4.69, 9.17) is 16.3 Å². The van der Waals surface area contributed by atoms with Crippen LogP contribution in [0.5, 0.6) is 5.75 Å². The number of hydrogen-bond acceptors (Lipinski definition) is 3. The number of benzene rings is 2. The number of piperidine rings is 1. The lowest BCUT2D eigenvalue weighted by atomic mass is 10.0. The lowest BCUT2D eigenvalue weighted by Gasteiger charge is -2.39. The van der Waals surface area contributed by atoms with Gasteiger partial charge in [0.05, 0.1) is 5.02 Å². The van der Waals surface area contributed by atoms with Gasteiger partial charge in [0.25, 0.3) is 11.8 Å². The van der Waals surface area contributed by atoms with Crippen LogP contribution in [-0.2, 0) is 4.79 Å². The molecule has 160 valence electrons. The third kappa shape index (κ3) is 5.33. The SMILES string of the molecule is CCCN(C(=O)C(C)Oc1ccccc1Cl)C1CCN(C(=O)c2ccccc2)CC1. The third-order valence-electron chi connectivity index (χ3n) is 5.45. The molecule has 30 heavy (non-hydrogen) atoms. The van der Waals surface area contributed by atoms with Gasteiger partial charge < -0.3 is 14.5 Å². The normalized spacial score (nSPS) is 15.5. The molecular formula is C24H29ClN2O3. The van der Waals surface area contributed by atoms with Crippen molar-refractivity contribution in [1.82, 2.24) is 9.80 Å². The summed E-state index contributed by atoms with van der Waals surface area (Å²) in [5, 5.41) is 0.493. The Kier molecular flexibility index (Phi) is 7.75. The van der Waals surface area contributed by atoms with Crippen LogP contribution in [0.4, 0.5) is 0 Å². The maximum absolute atomic E-state index is 13.2. The van der Waals surface area contributed by atoms with Crippen molar-refractivity contribution in [3.05, 3.63) is 65.2 Å². The summed E-state index contributed by atoms with van der Waals surface area (Å²) >= 11 is 6.17. The first-order valence-corrected chi connectivity index (χ1v) is 10.9. The summed E-state index contributed by atoms with van der Waals surface area (Å²) in [6.45, 7) is 5.79. The van der Waals surface area contributed by atoms with Crippen LogP contribution in [0.3, 0.4) is 0 Å². The molecule has 0 N–H and O–H groups in total. The van der Waals surface area contributed by atoms with Crippen LogP contribution < -0.4 is 4.74 Å². The molecule has 2 amide bonds. The van der Waals surface area contributed by atoms with E-state index < -0.39 is 6.10 Å². The first-order valence-electron chi connectivity index (χ1n) is 10.6. The highest BCUT2D eigenvalue weighted by Crippen LogP contribution is 2.26. The van der Waals surface area contributed by atoms with Gasteiger partial charge in [0.15, 0.2) is 6.10 Å². The molecular weight excluding hydrogens is 400 g/mol. The van der Waals surface area contributed by atoms with Crippen molar-refractivity contribution in [3.8, 4) is 5.75 Å². The molecule has 0 spiro atoms. The second-order valence-electron chi connectivity index (χ2n) is 7.61. The van der Waals surface area contributed by atoms with Gasteiger partial charge >= 0.3 is 0 Å². The van der Waals surface area contributed by atoms with E-state index in [1.54, 1.807) is 19.1 Å². The van der Waals surface area contributed by atoms with Crippen LogP contribution in [0.2, 0.25) is 5.02 Å². The molecule has 1 saturated heterocycles. The van der Waals surface area contributed by atoms with Crippen LogP contribution in [0.15, 0.2) is 54.6 Å². The molecule has 5 nitrogen and oxygen atoms in total. The molecule has 1 heterocycles. The summed E-state index contributed by atoms with van der Waals surface area (Å²) in [6.07, 6.45) is 1.78. The van der Waals surface area contributed by atoms with E-state index in [-0.39, 0.29) is 17.9 Å². The topological polar surface area (TPSA) is 49.9 Å². The standard InChI is InChI=1S/C24H29ClN2O3/c1-3-15-27(23(28)18(2)30-22-12-8-7-11-21(22)25)20-13-16-26(17-14-20)24(29)19-9-5-4-6-10-19/h4-12,18,20H,3,13-17H2,1-2H3. The average molecular weight is 429 g/mol. The Morgan fingerprint density at radius 1 is 1.10 bits per heavy atom. The number of halogens is 1. The minimum absolute atomic E-state index is 0.0374. The summed E-state index contributed by atoms with van der Waals surface area (Å²) in [6, 6.07) is 16.6. The molecule has 0 bridgehead atoms. The molecule has 3 rings (SSSR count). The van der Waals surface area contributed by atoms with Crippen molar-refractivity contribution in [2.45, 2.75) is 45.3 Å². The molecule has 6 heteroatoms. The zero-order valence-corrected chi connectivity index (χ0v) is 18.3. The number of carbonyl (C=O) groups is 2. The quantitative estimate of drug-likeness (QED) is 0.644. The van der Waals surface area contributed by atoms with Gasteiger partial charge in [-0.05, 0) is 50.5 Å². The predicted molar refractivity (Wildman–Crippen MR) is 119 cm³/mol. The van der Waals surface area contributed by atoms with Crippen LogP contribution in [-0.4, -0.2) is 53.4 Å². The van der Waals surface area contributed by atoms with Crippen molar-refractivity contribution in [3.63, 3.8) is 0 Å². The Morgan fingerprint density at radius 2 is 1.73 bits per heavy atom. The first kappa shape index (κ1) is 22.2. The number of likely N-dealkylation sites (tertiary alicyclic amines) is 1. The van der Waals surface area contributed by atoms with Gasteiger partial charge in [-0.15, -0.1) is 0 Å². The number of rotatable bonds is 7. The summed E-state index contributed by atoms with van der Waals surface area (Å²) < 4.78 is 5.85. The number of ether oxygens (including phenoxy) is 1. The fourth-order valence-corrected chi connectivity index (χ4v) is 4.05. The van der Waals surface area contributed by atoms with E-state index in [0.29, 0.717) is 36.0 Å². The van der Waals surface area contributed by atoms with E-state index in [1.807, 2.05) is 52.3 Å². The Hall–Kier alpha value is -2.53. The van der Waals surface area contributed by atoms with E-state index in [0.717, 1.165) is 19.3 Å². The first-order chi connectivity index (χ1) is 14.5. The Bertz CT molecular complexity index is 851. The molecule has 0 aliphatic carbocycles. The summed E-state index contributed by atoms with van der Waals surface area (Å²) in [7, 11) is 0. The molecule has 1 fully saturated rings.